The molecule has 0 bridgehead atoms. The summed E-state index contributed by atoms with van der Waals surface area (Å²) in [7, 11) is -3.70. The Hall–Kier alpha value is -0.450. The molecule has 0 amide bonds. The van der Waals surface area contributed by atoms with Crippen LogP contribution in [0.3, 0.4) is 0 Å². The van der Waals surface area contributed by atoms with Crippen molar-refractivity contribution in [2.45, 2.75) is 59.0 Å². The van der Waals surface area contributed by atoms with Crippen molar-refractivity contribution >= 4 is 7.60 Å². The van der Waals surface area contributed by atoms with Crippen LogP contribution in [0.1, 0.15) is 41.0 Å². The topological polar surface area (TPSA) is 78.7 Å². The molecule has 6 nitrogen and oxygen atoms in total. The molecule has 0 aromatic rings. The van der Waals surface area contributed by atoms with Gasteiger partial charge in [0, 0.05) is 11.3 Å². The van der Waals surface area contributed by atoms with E-state index in [9.17, 15) is 14.7 Å². The van der Waals surface area contributed by atoms with E-state index in [-0.39, 0.29) is 18.6 Å². The first kappa shape index (κ1) is 15.6. The van der Waals surface area contributed by atoms with Crippen LogP contribution < -0.4 is 0 Å². The van der Waals surface area contributed by atoms with E-state index in [1.54, 1.807) is 34.6 Å². The van der Waals surface area contributed by atoms with Gasteiger partial charge in [0.15, 0.2) is 0 Å². The summed E-state index contributed by atoms with van der Waals surface area (Å²) in [6, 6.07) is 0. The molecule has 0 saturated heterocycles. The Morgan fingerprint density at radius 2 is 1.56 bits per heavy atom. The Morgan fingerprint density at radius 1 is 1.19 bits per heavy atom. The Labute approximate surface area is 96.0 Å². The number of nitrogens with zero attached hydrogens (tertiary/aromatic N) is 1. The minimum absolute atomic E-state index is 0.115. The molecular weight excluding hydrogens is 233 g/mol. The fraction of sp³-hybridized carbons (Fsp3) is 1.00. The molecule has 96 valence electrons. The zero-order valence-corrected chi connectivity index (χ0v) is 11.3. The predicted octanol–water partition coefficient (Wildman–Crippen LogP) is 3.04. The maximum absolute atomic E-state index is 12.3. The third-order valence-corrected chi connectivity index (χ3v) is 4.40. The zero-order chi connectivity index (χ0) is 12.9. The van der Waals surface area contributed by atoms with Crippen LogP contribution in [0, 0.1) is 10.1 Å². The molecule has 16 heavy (non-hydrogen) atoms. The molecule has 0 rings (SSSR count). The number of hydrogen-bond donors (Lipinski definition) is 0. The van der Waals surface area contributed by atoms with Gasteiger partial charge in [0.2, 0.25) is 0 Å². The SMILES string of the molecule is CCC([N+](=O)[O-])P(=O)(OC(C)C)OC(C)C. The summed E-state index contributed by atoms with van der Waals surface area (Å²) in [6.45, 7) is 8.27. The van der Waals surface area contributed by atoms with E-state index in [1.807, 2.05) is 0 Å². The lowest BCUT2D eigenvalue weighted by Crippen LogP contribution is -2.24. The molecule has 0 radical (unpaired) electrons. The fourth-order valence-corrected chi connectivity index (χ4v) is 3.43. The minimum atomic E-state index is -3.70. The highest BCUT2D eigenvalue weighted by atomic mass is 31.2. The number of nitro groups is 1. The van der Waals surface area contributed by atoms with Gasteiger partial charge in [0.1, 0.15) is 0 Å². The first-order chi connectivity index (χ1) is 7.23. The van der Waals surface area contributed by atoms with Gasteiger partial charge in [-0.2, -0.15) is 0 Å². The lowest BCUT2D eigenvalue weighted by Gasteiger charge is -2.24. The molecular formula is C9H20NO5P. The van der Waals surface area contributed by atoms with Crippen LogP contribution in [0.2, 0.25) is 0 Å². The minimum Gasteiger partial charge on any atom is -0.301 e. The fourth-order valence-electron chi connectivity index (χ4n) is 1.24. The van der Waals surface area contributed by atoms with Gasteiger partial charge in [-0.05, 0) is 27.7 Å². The molecule has 0 aliphatic carbocycles. The Kier molecular flexibility index (Phi) is 6.15. The Balaban J connectivity index is 5.03. The van der Waals surface area contributed by atoms with Crippen LogP contribution in [-0.2, 0) is 13.6 Å². The summed E-state index contributed by atoms with van der Waals surface area (Å²) in [5, 5.41) is 10.8. The van der Waals surface area contributed by atoms with Crippen molar-refractivity contribution in [2.75, 3.05) is 0 Å². The lowest BCUT2D eigenvalue weighted by molar-refractivity contribution is -0.501. The summed E-state index contributed by atoms with van der Waals surface area (Å²) in [5.74, 6) is -1.29. The molecule has 0 heterocycles. The van der Waals surface area contributed by atoms with Gasteiger partial charge in [0.05, 0.1) is 12.2 Å². The third kappa shape index (κ3) is 4.60. The largest absolute Gasteiger partial charge is 0.404 e. The van der Waals surface area contributed by atoms with E-state index in [2.05, 4.69) is 0 Å². The second-order valence-corrected chi connectivity index (χ2v) is 6.12. The zero-order valence-electron chi connectivity index (χ0n) is 10.4. The quantitative estimate of drug-likeness (QED) is 0.396. The van der Waals surface area contributed by atoms with Crippen molar-refractivity contribution in [3.05, 3.63) is 10.1 Å². The molecule has 0 aliphatic heterocycles. The van der Waals surface area contributed by atoms with Crippen LogP contribution >= 0.6 is 7.60 Å². The average Bonchev–Trinajstić information content (AvgIpc) is 1.99. The molecule has 1 unspecified atom stereocenters. The summed E-state index contributed by atoms with van der Waals surface area (Å²) < 4.78 is 22.6. The highest BCUT2D eigenvalue weighted by Gasteiger charge is 2.45. The first-order valence-corrected chi connectivity index (χ1v) is 6.94. The van der Waals surface area contributed by atoms with E-state index in [4.69, 9.17) is 9.05 Å². The van der Waals surface area contributed by atoms with Gasteiger partial charge in [-0.3, -0.25) is 14.7 Å². The van der Waals surface area contributed by atoms with Crippen molar-refractivity contribution in [3.8, 4) is 0 Å². The third-order valence-electron chi connectivity index (χ3n) is 1.69. The van der Waals surface area contributed by atoms with Crippen LogP contribution in [0.25, 0.3) is 0 Å². The van der Waals surface area contributed by atoms with E-state index in [0.717, 1.165) is 0 Å². The molecule has 0 aromatic heterocycles. The maximum atomic E-state index is 12.3. The van der Waals surface area contributed by atoms with Crippen LogP contribution in [0.5, 0.6) is 0 Å². The smallest absolute Gasteiger partial charge is 0.301 e. The predicted molar refractivity (Wildman–Crippen MR) is 61.1 cm³/mol. The molecule has 0 aliphatic rings. The molecule has 0 spiro atoms. The first-order valence-electron chi connectivity index (χ1n) is 5.33. The lowest BCUT2D eigenvalue weighted by atomic mass is 10.5. The number of rotatable bonds is 7. The van der Waals surface area contributed by atoms with Crippen molar-refractivity contribution in [1.82, 2.24) is 0 Å². The van der Waals surface area contributed by atoms with Gasteiger partial charge in [0.25, 0.3) is 0 Å². The van der Waals surface area contributed by atoms with Gasteiger partial charge in [-0.15, -0.1) is 0 Å². The van der Waals surface area contributed by atoms with Gasteiger partial charge in [-0.1, -0.05) is 6.92 Å². The summed E-state index contributed by atoms with van der Waals surface area (Å²) in [6.07, 6.45) is -0.638. The van der Waals surface area contributed by atoms with E-state index in [1.165, 1.54) is 0 Å². The van der Waals surface area contributed by atoms with Crippen molar-refractivity contribution < 1.29 is 18.5 Å². The molecule has 0 aromatic carbocycles. The van der Waals surface area contributed by atoms with Crippen LogP contribution in [0.4, 0.5) is 0 Å². The molecule has 7 heteroatoms. The second-order valence-electron chi connectivity index (χ2n) is 4.02. The molecule has 1 atom stereocenters. The highest BCUT2D eigenvalue weighted by molar-refractivity contribution is 7.54. The van der Waals surface area contributed by atoms with E-state index in [0.29, 0.717) is 0 Å². The molecule has 0 N–H and O–H groups in total. The van der Waals surface area contributed by atoms with Crippen molar-refractivity contribution in [1.29, 1.82) is 0 Å². The monoisotopic (exact) mass is 253 g/mol. The van der Waals surface area contributed by atoms with Gasteiger partial charge >= 0.3 is 13.4 Å². The van der Waals surface area contributed by atoms with Crippen molar-refractivity contribution in [2.24, 2.45) is 0 Å². The normalized spacial score (nSPS) is 14.4. The Bertz CT molecular complexity index is 265. The summed E-state index contributed by atoms with van der Waals surface area (Å²) in [4.78, 5) is 10.2. The Morgan fingerprint density at radius 3 is 1.75 bits per heavy atom. The van der Waals surface area contributed by atoms with E-state index >= 15 is 0 Å². The van der Waals surface area contributed by atoms with Crippen LogP contribution in [-0.4, -0.2) is 22.9 Å². The number of hydrogen-bond acceptors (Lipinski definition) is 5. The summed E-state index contributed by atoms with van der Waals surface area (Å²) in [5.41, 5.74) is 0. The molecule has 0 fully saturated rings. The second kappa shape index (κ2) is 6.33. The molecule has 0 saturated carbocycles. The average molecular weight is 253 g/mol. The van der Waals surface area contributed by atoms with Crippen LogP contribution in [0.15, 0.2) is 0 Å². The standard InChI is InChI=1S/C9H20NO5P/c1-6-9(10(11)12)16(13,14-7(2)3)15-8(4)5/h7-9H,6H2,1-5H3. The summed E-state index contributed by atoms with van der Waals surface area (Å²) >= 11 is 0. The maximum Gasteiger partial charge on any atom is 0.404 e. The van der Waals surface area contributed by atoms with Gasteiger partial charge in [-0.25, -0.2) is 0 Å². The van der Waals surface area contributed by atoms with E-state index < -0.39 is 18.3 Å². The van der Waals surface area contributed by atoms with Crippen molar-refractivity contribution in [3.63, 3.8) is 0 Å². The van der Waals surface area contributed by atoms with Gasteiger partial charge < -0.3 is 9.05 Å². The highest BCUT2D eigenvalue weighted by Crippen LogP contribution is 2.56.